The van der Waals surface area contributed by atoms with E-state index in [0.717, 1.165) is 18.8 Å². The molecule has 10 atom stereocenters. The average molecular weight is 437 g/mol. The van der Waals surface area contributed by atoms with Crippen LogP contribution in [-0.2, 0) is 0 Å². The van der Waals surface area contributed by atoms with Gasteiger partial charge in [-0.25, -0.2) is 0 Å². The predicted molar refractivity (Wildman–Crippen MR) is 123 cm³/mol. The Morgan fingerprint density at radius 1 is 0.774 bits per heavy atom. The smallest absolute Gasteiger partial charge is 0.122 e. The molecular formula is C27H48O4. The summed E-state index contributed by atoms with van der Waals surface area (Å²) in [5, 5.41) is 44.8. The minimum Gasteiger partial charge on any atom is -0.393 e. The van der Waals surface area contributed by atoms with Gasteiger partial charge in [-0.1, -0.05) is 53.9 Å². The number of fused-ring (bicyclic) bond motifs is 5. The summed E-state index contributed by atoms with van der Waals surface area (Å²) in [5.41, 5.74) is -2.78. The van der Waals surface area contributed by atoms with Gasteiger partial charge in [0.1, 0.15) is 5.60 Å². The monoisotopic (exact) mass is 436 g/mol. The van der Waals surface area contributed by atoms with Crippen molar-refractivity contribution in [2.45, 2.75) is 129 Å². The molecule has 0 spiro atoms. The van der Waals surface area contributed by atoms with Crippen molar-refractivity contribution in [3.63, 3.8) is 0 Å². The van der Waals surface area contributed by atoms with Gasteiger partial charge in [0.05, 0.1) is 17.8 Å². The third-order valence-corrected chi connectivity index (χ3v) is 11.0. The summed E-state index contributed by atoms with van der Waals surface area (Å²) in [6.07, 6.45) is 8.28. The minimum absolute atomic E-state index is 0.00558. The second-order valence-electron chi connectivity index (χ2n) is 13.1. The lowest BCUT2D eigenvalue weighted by Gasteiger charge is -2.68. The van der Waals surface area contributed by atoms with Gasteiger partial charge in [-0.3, -0.25) is 0 Å². The lowest BCUT2D eigenvalue weighted by atomic mass is 9.40. The van der Waals surface area contributed by atoms with E-state index in [1.54, 1.807) is 0 Å². The van der Waals surface area contributed by atoms with Crippen LogP contribution in [0.25, 0.3) is 0 Å². The van der Waals surface area contributed by atoms with Crippen molar-refractivity contribution in [2.24, 2.45) is 40.4 Å². The minimum atomic E-state index is -1.58. The first-order valence-electron chi connectivity index (χ1n) is 13.2. The topological polar surface area (TPSA) is 80.9 Å². The molecule has 0 unspecified atom stereocenters. The van der Waals surface area contributed by atoms with E-state index >= 15 is 0 Å². The molecular weight excluding hydrogens is 388 g/mol. The van der Waals surface area contributed by atoms with E-state index in [2.05, 4.69) is 34.6 Å². The van der Waals surface area contributed by atoms with E-state index in [1.165, 1.54) is 32.1 Å². The largest absolute Gasteiger partial charge is 0.393 e. The van der Waals surface area contributed by atoms with Gasteiger partial charge in [-0.05, 0) is 85.4 Å². The zero-order valence-electron chi connectivity index (χ0n) is 20.6. The molecule has 0 aromatic carbocycles. The van der Waals surface area contributed by atoms with Crippen LogP contribution in [0.5, 0.6) is 0 Å². The van der Waals surface area contributed by atoms with Gasteiger partial charge < -0.3 is 20.4 Å². The van der Waals surface area contributed by atoms with Crippen molar-refractivity contribution in [3.8, 4) is 0 Å². The highest BCUT2D eigenvalue weighted by atomic mass is 16.4. The molecule has 4 aliphatic carbocycles. The van der Waals surface area contributed by atoms with Gasteiger partial charge in [0.25, 0.3) is 0 Å². The Bertz CT molecular complexity index is 666. The molecule has 4 saturated carbocycles. The SMILES string of the molecule is CC(C)CCC[C@@H](C)[C@H]1CC[C@H]2[C@]1(C)CC[C@@H]1[C@@]2(C)C[C@@H](O)[C@@]2(O)C[C@@H](O)CC[C@]12O. The molecule has 0 saturated heterocycles. The quantitative estimate of drug-likeness (QED) is 0.505. The Kier molecular flexibility index (Phi) is 6.16. The summed E-state index contributed by atoms with van der Waals surface area (Å²) in [7, 11) is 0. The van der Waals surface area contributed by atoms with E-state index in [0.29, 0.717) is 37.0 Å². The molecule has 0 bridgehead atoms. The molecule has 31 heavy (non-hydrogen) atoms. The van der Waals surface area contributed by atoms with E-state index < -0.39 is 23.4 Å². The number of hydrogen-bond donors (Lipinski definition) is 4. The first kappa shape index (κ1) is 24.0. The maximum Gasteiger partial charge on any atom is 0.122 e. The average Bonchev–Trinajstić information content (AvgIpc) is 3.02. The van der Waals surface area contributed by atoms with Gasteiger partial charge in [-0.2, -0.15) is 0 Å². The van der Waals surface area contributed by atoms with Crippen molar-refractivity contribution in [2.75, 3.05) is 0 Å². The second kappa shape index (κ2) is 7.96. The molecule has 4 fully saturated rings. The van der Waals surface area contributed by atoms with Crippen molar-refractivity contribution in [3.05, 3.63) is 0 Å². The fourth-order valence-corrected chi connectivity index (χ4v) is 9.51. The molecule has 0 aliphatic heterocycles. The number of aliphatic hydroxyl groups excluding tert-OH is 2. The molecule has 0 aromatic heterocycles. The predicted octanol–water partition coefficient (Wildman–Crippen LogP) is 4.67. The van der Waals surface area contributed by atoms with Crippen LogP contribution in [0.4, 0.5) is 0 Å². The lowest BCUT2D eigenvalue weighted by molar-refractivity contribution is -0.320. The van der Waals surface area contributed by atoms with Crippen molar-refractivity contribution >= 4 is 0 Å². The standard InChI is InChI=1S/C27H48O4/c1-17(2)7-6-8-18(3)20-9-10-21-24(20,4)13-12-22-25(21,5)16-23(29)27(31)15-19(28)11-14-26(22,27)30/h17-23,28-31H,6-16H2,1-5H3/t18-,19+,20-,21+,22-,23-,24-,25+,26+,27+/m1/s1. The Morgan fingerprint density at radius 2 is 1.48 bits per heavy atom. The summed E-state index contributed by atoms with van der Waals surface area (Å²) >= 11 is 0. The first-order valence-corrected chi connectivity index (χ1v) is 13.2. The van der Waals surface area contributed by atoms with Gasteiger partial charge in [0.15, 0.2) is 0 Å². The highest BCUT2D eigenvalue weighted by molar-refractivity contribution is 5.22. The molecule has 4 rings (SSSR count). The van der Waals surface area contributed by atoms with Crippen LogP contribution in [0.2, 0.25) is 0 Å². The number of hydrogen-bond acceptors (Lipinski definition) is 4. The lowest BCUT2D eigenvalue weighted by Crippen LogP contribution is -2.76. The summed E-state index contributed by atoms with van der Waals surface area (Å²) in [4.78, 5) is 0. The highest BCUT2D eigenvalue weighted by Crippen LogP contribution is 2.71. The van der Waals surface area contributed by atoms with Crippen LogP contribution in [0.15, 0.2) is 0 Å². The molecule has 0 aromatic rings. The molecule has 0 heterocycles. The number of aliphatic hydroxyl groups is 4. The Hall–Kier alpha value is -0.160. The summed E-state index contributed by atoms with van der Waals surface area (Å²) in [6, 6.07) is 0. The molecule has 0 amide bonds. The van der Waals surface area contributed by atoms with Crippen LogP contribution in [-0.4, -0.2) is 43.8 Å². The summed E-state index contributed by atoms with van der Waals surface area (Å²) in [5.74, 6) is 2.67. The van der Waals surface area contributed by atoms with E-state index in [1.807, 2.05) is 0 Å². The summed E-state index contributed by atoms with van der Waals surface area (Å²) < 4.78 is 0. The maximum atomic E-state index is 11.9. The molecule has 4 N–H and O–H groups in total. The molecule has 4 heteroatoms. The van der Waals surface area contributed by atoms with Gasteiger partial charge in [0, 0.05) is 6.42 Å². The Balaban J connectivity index is 1.59. The summed E-state index contributed by atoms with van der Waals surface area (Å²) in [6.45, 7) is 11.9. The maximum absolute atomic E-state index is 11.9. The van der Waals surface area contributed by atoms with Crippen LogP contribution in [0, 0.1) is 40.4 Å². The van der Waals surface area contributed by atoms with E-state index in [-0.39, 0.29) is 23.2 Å². The zero-order chi connectivity index (χ0) is 22.8. The second-order valence-corrected chi connectivity index (χ2v) is 13.1. The Labute approximate surface area is 189 Å². The normalized spacial score (nSPS) is 53.0. The van der Waals surface area contributed by atoms with E-state index in [4.69, 9.17) is 0 Å². The van der Waals surface area contributed by atoms with Crippen molar-refractivity contribution < 1.29 is 20.4 Å². The number of rotatable bonds is 5. The van der Waals surface area contributed by atoms with Crippen LogP contribution in [0.1, 0.15) is 105 Å². The third kappa shape index (κ3) is 3.45. The van der Waals surface area contributed by atoms with Crippen molar-refractivity contribution in [1.29, 1.82) is 0 Å². The molecule has 4 nitrogen and oxygen atoms in total. The zero-order valence-corrected chi connectivity index (χ0v) is 20.6. The molecule has 4 aliphatic rings. The van der Waals surface area contributed by atoms with Gasteiger partial charge in [0.2, 0.25) is 0 Å². The Morgan fingerprint density at radius 3 is 2.16 bits per heavy atom. The van der Waals surface area contributed by atoms with Gasteiger partial charge >= 0.3 is 0 Å². The van der Waals surface area contributed by atoms with Crippen molar-refractivity contribution in [1.82, 2.24) is 0 Å². The van der Waals surface area contributed by atoms with Crippen LogP contribution >= 0.6 is 0 Å². The van der Waals surface area contributed by atoms with E-state index in [9.17, 15) is 20.4 Å². The fraction of sp³-hybridized carbons (Fsp3) is 1.00. The van der Waals surface area contributed by atoms with Crippen LogP contribution < -0.4 is 0 Å². The third-order valence-electron chi connectivity index (χ3n) is 11.0. The van der Waals surface area contributed by atoms with Gasteiger partial charge in [-0.15, -0.1) is 0 Å². The van der Waals surface area contributed by atoms with Crippen LogP contribution in [0.3, 0.4) is 0 Å². The molecule has 0 radical (unpaired) electrons. The first-order chi connectivity index (χ1) is 14.4. The fourth-order valence-electron chi connectivity index (χ4n) is 9.51. The molecule has 180 valence electrons. The highest BCUT2D eigenvalue weighted by Gasteiger charge is 2.72.